The van der Waals surface area contributed by atoms with Gasteiger partial charge in [0.2, 0.25) is 0 Å². The van der Waals surface area contributed by atoms with Crippen LogP contribution in [0.1, 0.15) is 22.3 Å². The third-order valence-corrected chi connectivity index (χ3v) is 4.30. The van der Waals surface area contributed by atoms with Crippen LogP contribution in [0.2, 0.25) is 0 Å². The van der Waals surface area contributed by atoms with Gasteiger partial charge in [0.05, 0.1) is 32.0 Å². The standard InChI is InChI=1S/C23H26O7/c1-28-22(26)13-12-19(30-23(27)18-10-6-3-7-11-18)14-21(20(25)15-24)29-16-17-8-4-2-5-9-17/h2-13,19-21,24-25H,14-16H2,1H3/b13-12-/t19-,20+,21-/m1/s1. The Hall–Kier alpha value is -3.00. The van der Waals surface area contributed by atoms with Gasteiger partial charge in [0, 0.05) is 12.5 Å². The summed E-state index contributed by atoms with van der Waals surface area (Å²) in [6, 6.07) is 17.7. The molecule has 0 amide bonds. The molecule has 0 bridgehead atoms. The molecule has 2 aromatic rings. The van der Waals surface area contributed by atoms with Crippen LogP contribution in [0, 0.1) is 0 Å². The van der Waals surface area contributed by atoms with Crippen LogP contribution >= 0.6 is 0 Å². The number of aliphatic hydroxyl groups excluding tert-OH is 2. The van der Waals surface area contributed by atoms with Crippen LogP contribution in [0.15, 0.2) is 72.8 Å². The smallest absolute Gasteiger partial charge is 0.338 e. The second kappa shape index (κ2) is 12.5. The maximum atomic E-state index is 12.4. The first-order valence-electron chi connectivity index (χ1n) is 9.50. The summed E-state index contributed by atoms with van der Waals surface area (Å²) >= 11 is 0. The highest BCUT2D eigenvalue weighted by Crippen LogP contribution is 2.16. The van der Waals surface area contributed by atoms with Gasteiger partial charge in [-0.2, -0.15) is 0 Å². The Morgan fingerprint density at radius 1 is 1.03 bits per heavy atom. The summed E-state index contributed by atoms with van der Waals surface area (Å²) in [7, 11) is 1.24. The number of hydrogen-bond acceptors (Lipinski definition) is 7. The molecule has 0 aliphatic carbocycles. The quantitative estimate of drug-likeness (QED) is 0.430. The Labute approximate surface area is 175 Å². The number of rotatable bonds is 11. The number of ether oxygens (including phenoxy) is 3. The predicted octanol–water partition coefficient (Wildman–Crippen LogP) is 2.27. The first-order chi connectivity index (χ1) is 14.5. The fourth-order valence-electron chi connectivity index (χ4n) is 2.66. The SMILES string of the molecule is COC(=O)/C=C\[C@H](C[C@@H](OCc1ccccc1)[C@@H](O)CO)OC(=O)c1ccccc1. The highest BCUT2D eigenvalue weighted by Gasteiger charge is 2.25. The molecular formula is C23H26O7. The Morgan fingerprint density at radius 3 is 2.27 bits per heavy atom. The summed E-state index contributed by atoms with van der Waals surface area (Å²) in [5, 5.41) is 19.6. The van der Waals surface area contributed by atoms with E-state index in [0.29, 0.717) is 5.56 Å². The minimum Gasteiger partial charge on any atom is -0.466 e. The molecule has 0 aliphatic heterocycles. The molecule has 0 heterocycles. The maximum Gasteiger partial charge on any atom is 0.338 e. The summed E-state index contributed by atoms with van der Waals surface area (Å²) < 4.78 is 15.9. The van der Waals surface area contributed by atoms with Crippen molar-refractivity contribution in [1.82, 2.24) is 0 Å². The van der Waals surface area contributed by atoms with Crippen molar-refractivity contribution in [2.75, 3.05) is 13.7 Å². The topological polar surface area (TPSA) is 102 Å². The molecule has 0 radical (unpaired) electrons. The highest BCUT2D eigenvalue weighted by atomic mass is 16.5. The summed E-state index contributed by atoms with van der Waals surface area (Å²) in [5.41, 5.74) is 1.23. The van der Waals surface area contributed by atoms with Gasteiger partial charge in [-0.05, 0) is 23.8 Å². The summed E-state index contributed by atoms with van der Waals surface area (Å²) in [6.07, 6.45) is -0.387. The van der Waals surface area contributed by atoms with E-state index in [4.69, 9.17) is 9.47 Å². The Kier molecular flexibility index (Phi) is 9.73. The molecule has 3 atom stereocenters. The lowest BCUT2D eigenvalue weighted by molar-refractivity contribution is -0.134. The van der Waals surface area contributed by atoms with Gasteiger partial charge in [-0.3, -0.25) is 0 Å². The predicted molar refractivity (Wildman–Crippen MR) is 110 cm³/mol. The monoisotopic (exact) mass is 414 g/mol. The Morgan fingerprint density at radius 2 is 1.67 bits per heavy atom. The lowest BCUT2D eigenvalue weighted by Gasteiger charge is -2.25. The maximum absolute atomic E-state index is 12.4. The average molecular weight is 414 g/mol. The van der Waals surface area contributed by atoms with E-state index >= 15 is 0 Å². The highest BCUT2D eigenvalue weighted by molar-refractivity contribution is 5.89. The first-order valence-corrected chi connectivity index (χ1v) is 9.50. The molecule has 160 valence electrons. The van der Waals surface area contributed by atoms with E-state index in [1.165, 1.54) is 13.2 Å². The number of carbonyl (C=O) groups excluding carboxylic acids is 2. The summed E-state index contributed by atoms with van der Waals surface area (Å²) in [6.45, 7) is -0.331. The van der Waals surface area contributed by atoms with Gasteiger partial charge in [-0.15, -0.1) is 0 Å². The van der Waals surface area contributed by atoms with Crippen LogP contribution in [0.25, 0.3) is 0 Å². The van der Waals surface area contributed by atoms with Gasteiger partial charge in [0.15, 0.2) is 0 Å². The van der Waals surface area contributed by atoms with Gasteiger partial charge >= 0.3 is 11.9 Å². The second-order valence-electron chi connectivity index (χ2n) is 6.51. The van der Waals surface area contributed by atoms with Crippen LogP contribution in [-0.2, 0) is 25.6 Å². The second-order valence-corrected chi connectivity index (χ2v) is 6.51. The molecule has 0 saturated heterocycles. The Bertz CT molecular complexity index is 805. The zero-order valence-corrected chi connectivity index (χ0v) is 16.7. The first kappa shape index (κ1) is 23.3. The molecule has 0 fully saturated rings. The van der Waals surface area contributed by atoms with Crippen molar-refractivity contribution in [3.8, 4) is 0 Å². The van der Waals surface area contributed by atoms with Crippen LogP contribution in [0.4, 0.5) is 0 Å². The normalized spacial score (nSPS) is 14.1. The molecule has 0 unspecified atom stereocenters. The zero-order valence-electron chi connectivity index (χ0n) is 16.7. The van der Waals surface area contributed by atoms with Crippen molar-refractivity contribution in [2.24, 2.45) is 0 Å². The van der Waals surface area contributed by atoms with Gasteiger partial charge < -0.3 is 24.4 Å². The van der Waals surface area contributed by atoms with E-state index < -0.39 is 36.9 Å². The minimum atomic E-state index is -1.20. The molecule has 30 heavy (non-hydrogen) atoms. The van der Waals surface area contributed by atoms with E-state index in [0.717, 1.165) is 11.6 Å². The molecule has 7 nitrogen and oxygen atoms in total. The number of methoxy groups -OCH3 is 1. The van der Waals surface area contributed by atoms with Crippen LogP contribution < -0.4 is 0 Å². The molecule has 0 spiro atoms. The van der Waals surface area contributed by atoms with Crippen molar-refractivity contribution in [2.45, 2.75) is 31.3 Å². The number of aliphatic hydroxyl groups is 2. The van der Waals surface area contributed by atoms with Crippen molar-refractivity contribution < 1.29 is 34.0 Å². The van der Waals surface area contributed by atoms with Crippen LogP contribution in [0.5, 0.6) is 0 Å². The third kappa shape index (κ3) is 7.79. The number of hydrogen-bond donors (Lipinski definition) is 2. The van der Waals surface area contributed by atoms with Crippen molar-refractivity contribution in [3.05, 3.63) is 83.9 Å². The fourth-order valence-corrected chi connectivity index (χ4v) is 2.66. The van der Waals surface area contributed by atoms with E-state index in [1.807, 2.05) is 30.3 Å². The van der Waals surface area contributed by atoms with Crippen molar-refractivity contribution in [1.29, 1.82) is 0 Å². The molecule has 0 saturated carbocycles. The summed E-state index contributed by atoms with van der Waals surface area (Å²) in [5.74, 6) is -1.20. The lowest BCUT2D eigenvalue weighted by atomic mass is 10.1. The van der Waals surface area contributed by atoms with Gasteiger partial charge in [0.25, 0.3) is 0 Å². The molecule has 7 heteroatoms. The van der Waals surface area contributed by atoms with Gasteiger partial charge in [-0.25, -0.2) is 9.59 Å². The van der Waals surface area contributed by atoms with Crippen molar-refractivity contribution in [3.63, 3.8) is 0 Å². The number of benzene rings is 2. The molecule has 0 aromatic heterocycles. The van der Waals surface area contributed by atoms with Crippen LogP contribution in [-0.4, -0.2) is 54.2 Å². The lowest BCUT2D eigenvalue weighted by Crippen LogP contribution is -2.36. The average Bonchev–Trinajstić information content (AvgIpc) is 2.80. The van der Waals surface area contributed by atoms with E-state index in [2.05, 4.69) is 4.74 Å². The van der Waals surface area contributed by atoms with Gasteiger partial charge in [-0.1, -0.05) is 48.5 Å². The minimum absolute atomic E-state index is 0.0284. The fraction of sp³-hybridized carbons (Fsp3) is 0.304. The number of carbonyl (C=O) groups is 2. The number of esters is 2. The molecule has 2 aromatic carbocycles. The molecule has 2 N–H and O–H groups in total. The largest absolute Gasteiger partial charge is 0.466 e. The zero-order chi connectivity index (χ0) is 21.8. The molecule has 0 aliphatic rings. The van der Waals surface area contributed by atoms with Crippen LogP contribution in [0.3, 0.4) is 0 Å². The molecule has 2 rings (SSSR count). The third-order valence-electron chi connectivity index (χ3n) is 4.30. The van der Waals surface area contributed by atoms with Crippen molar-refractivity contribution >= 4 is 11.9 Å². The Balaban J connectivity index is 2.13. The van der Waals surface area contributed by atoms with E-state index in [9.17, 15) is 19.8 Å². The molecular weight excluding hydrogens is 388 g/mol. The summed E-state index contributed by atoms with van der Waals surface area (Å²) in [4.78, 5) is 23.9. The van der Waals surface area contributed by atoms with E-state index in [1.54, 1.807) is 30.3 Å². The van der Waals surface area contributed by atoms with E-state index in [-0.39, 0.29) is 13.0 Å². The van der Waals surface area contributed by atoms with Gasteiger partial charge in [0.1, 0.15) is 12.2 Å².